The van der Waals surface area contributed by atoms with Crippen LogP contribution < -0.4 is 32.1 Å². The number of carbonyl (C=O) groups is 1. The molecule has 2 aromatic carbocycles. The van der Waals surface area contributed by atoms with E-state index in [1.165, 1.54) is 31.4 Å². The molecule has 274 valence electrons. The highest BCUT2D eigenvalue weighted by Crippen LogP contribution is 2.35. The SMILES string of the molecule is COc1ccc(S(=O)(=O)N(CC(OP(=O)([O-])[O-])[C@H](Cc2ccccc2)NC(=O)OC2COC3OCCC23)CC(C)(C)CCC#N)cc1.[NH4+].[NH4+]. The van der Waals surface area contributed by atoms with Crippen LogP contribution in [-0.4, -0.2) is 76.8 Å². The number of quaternary nitrogens is 2. The molecule has 0 spiro atoms. The van der Waals surface area contributed by atoms with Gasteiger partial charge in [-0.3, -0.25) is 0 Å². The molecule has 5 atom stereocenters. The number of methoxy groups -OCH3 is 1. The highest BCUT2D eigenvalue weighted by molar-refractivity contribution is 7.89. The minimum atomic E-state index is -5.74. The maximum absolute atomic E-state index is 14.1. The Kier molecular flexibility index (Phi) is 15.6. The summed E-state index contributed by atoms with van der Waals surface area (Å²) < 4.78 is 68.3. The van der Waals surface area contributed by atoms with Gasteiger partial charge in [0, 0.05) is 19.5 Å². The molecule has 9 N–H and O–H groups in total. The molecular weight excluding hydrogens is 681 g/mol. The third-order valence-corrected chi connectivity index (χ3v) is 10.5. The molecule has 49 heavy (non-hydrogen) atoms. The van der Waals surface area contributed by atoms with E-state index in [-0.39, 0.29) is 49.1 Å². The van der Waals surface area contributed by atoms with Gasteiger partial charge in [-0.05, 0) is 54.5 Å². The van der Waals surface area contributed by atoms with E-state index in [2.05, 4.69) is 11.4 Å². The van der Waals surface area contributed by atoms with Crippen LogP contribution in [0.4, 0.5) is 4.79 Å². The third kappa shape index (κ3) is 12.0. The van der Waals surface area contributed by atoms with E-state index in [4.69, 9.17) is 23.5 Å². The Hall–Kier alpha value is -3.14. The van der Waals surface area contributed by atoms with E-state index in [9.17, 15) is 32.8 Å². The molecule has 2 aromatic rings. The number of carbonyl (C=O) groups excluding carboxylic acids is 1. The molecule has 0 aliphatic carbocycles. The van der Waals surface area contributed by atoms with Crippen molar-refractivity contribution >= 4 is 23.9 Å². The van der Waals surface area contributed by atoms with E-state index < -0.39 is 60.4 Å². The lowest BCUT2D eigenvalue weighted by molar-refractivity contribution is -0.345. The molecule has 0 saturated carbocycles. The molecule has 2 heterocycles. The van der Waals surface area contributed by atoms with Gasteiger partial charge in [-0.25, -0.2) is 13.2 Å². The van der Waals surface area contributed by atoms with Crippen molar-refractivity contribution in [1.29, 1.82) is 5.26 Å². The minimum Gasteiger partial charge on any atom is -0.790 e. The average molecular weight is 730 g/mol. The number of fused-ring (bicyclic) bond motifs is 1. The summed E-state index contributed by atoms with van der Waals surface area (Å²) in [5, 5.41) is 11.8. The Balaban J connectivity index is 0.00000417. The summed E-state index contributed by atoms with van der Waals surface area (Å²) in [6.45, 7) is 3.29. The zero-order valence-corrected chi connectivity index (χ0v) is 30.2. The van der Waals surface area contributed by atoms with E-state index in [1.807, 2.05) is 0 Å². The van der Waals surface area contributed by atoms with E-state index in [0.29, 0.717) is 30.8 Å². The minimum absolute atomic E-state index is 0. The predicted octanol–water partition coefficient (Wildman–Crippen LogP) is 3.08. The predicted molar refractivity (Wildman–Crippen MR) is 176 cm³/mol. The fraction of sp³-hybridized carbons (Fsp3) is 0.548. The zero-order valence-electron chi connectivity index (χ0n) is 28.5. The number of ether oxygens (including phenoxy) is 4. The Morgan fingerprint density at radius 3 is 2.43 bits per heavy atom. The van der Waals surface area contributed by atoms with Gasteiger partial charge in [0.05, 0.1) is 57.2 Å². The van der Waals surface area contributed by atoms with Crippen LogP contribution in [0.3, 0.4) is 0 Å². The molecule has 18 heteroatoms. The number of benzene rings is 2. The van der Waals surface area contributed by atoms with Gasteiger partial charge < -0.3 is 55.4 Å². The highest BCUT2D eigenvalue weighted by atomic mass is 32.2. The quantitative estimate of drug-likeness (QED) is 0.210. The summed E-state index contributed by atoms with van der Waals surface area (Å²) in [6.07, 6.45) is -2.67. The maximum atomic E-state index is 14.1. The lowest BCUT2D eigenvalue weighted by Crippen LogP contribution is -2.53. The second kappa shape index (κ2) is 18.2. The van der Waals surface area contributed by atoms with Crippen LogP contribution in [0.2, 0.25) is 0 Å². The Morgan fingerprint density at radius 2 is 1.82 bits per heavy atom. The number of amides is 1. The summed E-state index contributed by atoms with van der Waals surface area (Å²) in [6, 6.07) is 15.1. The van der Waals surface area contributed by atoms with Gasteiger partial charge in [-0.2, -0.15) is 9.57 Å². The topological polar surface area (TPSA) is 273 Å². The van der Waals surface area contributed by atoms with Crippen molar-refractivity contribution in [3.63, 3.8) is 0 Å². The van der Waals surface area contributed by atoms with Crippen molar-refractivity contribution in [2.45, 2.75) is 69.0 Å². The number of alkyl carbamates (subject to hydrolysis) is 1. The number of nitrogens with one attached hydrogen (secondary N) is 1. The second-order valence-corrected chi connectivity index (χ2v) is 15.3. The van der Waals surface area contributed by atoms with Gasteiger partial charge in [0.15, 0.2) is 6.29 Å². The standard InChI is InChI=1S/C31H42N3O11PS.2H3N/c1-31(2,15-7-16-32)21-34(47(39,40)24-12-10-23(41-3)11-13-24)19-27(45-46(36,37)38)26(18-22-8-5-4-6-9-22)33-30(35)44-28-20-43-29-25(28)14-17-42-29;;/h4-6,8-13,25-29H,7,14-15,17-21H2,1-3H3,(H,33,35)(H2,36,37,38);2*1H3/t25?,26-,27?,28?,29?;;/m0../s1. The van der Waals surface area contributed by atoms with Crippen LogP contribution in [0.25, 0.3) is 0 Å². The second-order valence-electron chi connectivity index (χ2n) is 12.3. The normalized spacial score (nSPS) is 20.2. The summed E-state index contributed by atoms with van der Waals surface area (Å²) in [5.41, 5.74) is -0.118. The molecule has 16 nitrogen and oxygen atoms in total. The van der Waals surface area contributed by atoms with Crippen LogP contribution in [0.1, 0.15) is 38.7 Å². The van der Waals surface area contributed by atoms with Gasteiger partial charge in [0.25, 0.3) is 0 Å². The summed E-state index contributed by atoms with van der Waals surface area (Å²) >= 11 is 0. The summed E-state index contributed by atoms with van der Waals surface area (Å²) in [7, 11) is -8.65. The smallest absolute Gasteiger partial charge is 0.407 e. The van der Waals surface area contributed by atoms with Crippen LogP contribution in [0, 0.1) is 22.7 Å². The van der Waals surface area contributed by atoms with Crippen molar-refractivity contribution < 1.29 is 51.0 Å². The van der Waals surface area contributed by atoms with Crippen molar-refractivity contribution in [1.82, 2.24) is 21.9 Å². The molecule has 1 amide bonds. The molecule has 0 bridgehead atoms. The molecule has 2 aliphatic rings. The molecule has 2 saturated heterocycles. The number of hydrogen-bond acceptors (Lipinski definition) is 12. The van der Waals surface area contributed by atoms with Crippen molar-refractivity contribution in [2.75, 3.05) is 33.4 Å². The number of sulfonamides is 1. The fourth-order valence-electron chi connectivity index (χ4n) is 5.71. The van der Waals surface area contributed by atoms with Gasteiger partial charge >= 0.3 is 6.09 Å². The summed E-state index contributed by atoms with van der Waals surface area (Å²) in [5.74, 6) is 0.239. The fourth-order valence-corrected chi connectivity index (χ4v) is 7.90. The zero-order chi connectivity index (χ0) is 34.2. The Bertz CT molecular complexity index is 1540. The number of rotatable bonds is 16. The highest BCUT2D eigenvalue weighted by Gasteiger charge is 2.44. The first kappa shape index (κ1) is 42.0. The van der Waals surface area contributed by atoms with Gasteiger partial charge in [0.1, 0.15) is 11.9 Å². The Labute approximate surface area is 287 Å². The van der Waals surface area contributed by atoms with Gasteiger partial charge in [0.2, 0.25) is 10.0 Å². The third-order valence-electron chi connectivity index (χ3n) is 8.16. The van der Waals surface area contributed by atoms with Crippen LogP contribution in [-0.2, 0) is 39.7 Å². The number of nitriles is 1. The van der Waals surface area contributed by atoms with E-state index >= 15 is 0 Å². The van der Waals surface area contributed by atoms with Crippen LogP contribution in [0.5, 0.6) is 5.75 Å². The molecule has 2 aliphatic heterocycles. The number of phosphoric ester groups is 1. The Morgan fingerprint density at radius 1 is 1.14 bits per heavy atom. The lowest BCUT2D eigenvalue weighted by atomic mass is 9.88. The molecule has 4 unspecified atom stereocenters. The van der Waals surface area contributed by atoms with Crippen molar-refractivity contribution in [3.05, 3.63) is 60.2 Å². The largest absolute Gasteiger partial charge is 0.790 e. The van der Waals surface area contributed by atoms with E-state index in [1.54, 1.807) is 44.2 Å². The molecule has 4 rings (SSSR count). The maximum Gasteiger partial charge on any atom is 0.407 e. The van der Waals surface area contributed by atoms with Gasteiger partial charge in [-0.15, -0.1) is 0 Å². The van der Waals surface area contributed by atoms with Gasteiger partial charge in [-0.1, -0.05) is 44.2 Å². The average Bonchev–Trinajstić information content (AvgIpc) is 3.64. The lowest BCUT2D eigenvalue weighted by Gasteiger charge is -2.40. The first-order valence-electron chi connectivity index (χ1n) is 15.2. The molecular formula is C31H48N5O11PS. The number of nitrogens with zero attached hydrogens (tertiary/aromatic N) is 2. The first-order valence-corrected chi connectivity index (χ1v) is 18.1. The van der Waals surface area contributed by atoms with Crippen LogP contribution >= 0.6 is 7.82 Å². The molecule has 0 aromatic heterocycles. The monoisotopic (exact) mass is 729 g/mol. The van der Waals surface area contributed by atoms with Crippen LogP contribution in [0.15, 0.2) is 59.5 Å². The number of hydrogen-bond donors (Lipinski definition) is 3. The first-order chi connectivity index (χ1) is 22.2. The summed E-state index contributed by atoms with van der Waals surface area (Å²) in [4.78, 5) is 37.4. The van der Waals surface area contributed by atoms with Crippen molar-refractivity contribution in [3.8, 4) is 11.8 Å². The number of phosphoric acid groups is 1. The molecule has 2 fully saturated rings. The van der Waals surface area contributed by atoms with Crippen molar-refractivity contribution in [2.24, 2.45) is 11.3 Å². The van der Waals surface area contributed by atoms with E-state index in [0.717, 1.165) is 4.31 Å². The molecule has 0 radical (unpaired) electrons.